The molecule has 2 heterocycles. The van der Waals surface area contributed by atoms with Crippen LogP contribution in [0.1, 0.15) is 30.1 Å². The van der Waals surface area contributed by atoms with E-state index >= 15 is 0 Å². The van der Waals surface area contributed by atoms with Gasteiger partial charge in [-0.05, 0) is 25.0 Å². The number of pyridine rings is 1. The van der Waals surface area contributed by atoms with E-state index in [0.29, 0.717) is 5.56 Å². The molecule has 6 heteroatoms. The summed E-state index contributed by atoms with van der Waals surface area (Å²) in [5.41, 5.74) is 0.495. The number of aromatic nitrogens is 1. The molecule has 1 aliphatic rings. The Morgan fingerprint density at radius 2 is 2.10 bits per heavy atom. The van der Waals surface area contributed by atoms with Crippen LogP contribution < -0.4 is 10.2 Å². The topological polar surface area (TPSA) is 71.5 Å². The fourth-order valence-corrected chi connectivity index (χ4v) is 2.29. The molecule has 21 heavy (non-hydrogen) atoms. The normalized spacial score (nSPS) is 15.6. The lowest BCUT2D eigenvalue weighted by Gasteiger charge is -2.16. The molecule has 0 aromatic carbocycles. The maximum atomic E-state index is 12.0. The van der Waals surface area contributed by atoms with Crippen LogP contribution in [-0.4, -0.2) is 43.6 Å². The Bertz CT molecular complexity index is 495. The number of carbonyl (C=O) groups is 2. The summed E-state index contributed by atoms with van der Waals surface area (Å²) in [6.07, 6.45) is 3.95. The number of nitrogens with one attached hydrogen (secondary N) is 1. The van der Waals surface area contributed by atoms with Gasteiger partial charge in [0.15, 0.2) is 0 Å². The summed E-state index contributed by atoms with van der Waals surface area (Å²) in [4.78, 5) is 29.8. The number of ether oxygens (including phenoxy) is 1. The third kappa shape index (κ3) is 3.93. The van der Waals surface area contributed by atoms with Gasteiger partial charge in [-0.3, -0.25) is 9.59 Å². The number of rotatable bonds is 5. The number of anilines is 1. The molecule has 2 rings (SSSR count). The van der Waals surface area contributed by atoms with Crippen molar-refractivity contribution in [2.75, 3.05) is 31.6 Å². The summed E-state index contributed by atoms with van der Waals surface area (Å²) in [6, 6.07) is 3.63. The highest BCUT2D eigenvalue weighted by molar-refractivity contribution is 5.94. The van der Waals surface area contributed by atoms with Crippen molar-refractivity contribution in [1.29, 1.82) is 0 Å². The van der Waals surface area contributed by atoms with Gasteiger partial charge in [0, 0.05) is 25.8 Å². The number of hydrogen-bond acceptors (Lipinski definition) is 5. The summed E-state index contributed by atoms with van der Waals surface area (Å²) < 4.78 is 4.61. The number of nitrogens with zero attached hydrogens (tertiary/aromatic N) is 2. The van der Waals surface area contributed by atoms with E-state index in [1.165, 1.54) is 20.0 Å². The molecule has 1 aromatic rings. The van der Waals surface area contributed by atoms with Crippen molar-refractivity contribution in [3.05, 3.63) is 23.9 Å². The molecule has 1 unspecified atom stereocenters. The molecule has 0 spiro atoms. The average Bonchev–Trinajstić information content (AvgIpc) is 3.06. The molecule has 0 radical (unpaired) electrons. The summed E-state index contributed by atoms with van der Waals surface area (Å²) in [5.74, 6) is -0.0215. The first kappa shape index (κ1) is 15.3. The van der Waals surface area contributed by atoms with Crippen LogP contribution in [0.4, 0.5) is 5.82 Å². The number of carbonyl (C=O) groups excluding carboxylic acids is 2. The number of methoxy groups -OCH3 is 1. The molecular formula is C15H21N3O3. The molecular weight excluding hydrogens is 270 g/mol. The predicted octanol–water partition coefficient (Wildman–Crippen LogP) is 1.22. The first-order chi connectivity index (χ1) is 10.1. The van der Waals surface area contributed by atoms with Crippen LogP contribution in [0.15, 0.2) is 18.3 Å². The molecule has 1 fully saturated rings. The second kappa shape index (κ2) is 7.06. The van der Waals surface area contributed by atoms with Crippen LogP contribution in [0, 0.1) is 5.92 Å². The Balaban J connectivity index is 1.89. The van der Waals surface area contributed by atoms with Crippen molar-refractivity contribution in [1.82, 2.24) is 10.3 Å². The monoisotopic (exact) mass is 291 g/mol. The van der Waals surface area contributed by atoms with Gasteiger partial charge in [0.05, 0.1) is 18.6 Å². The van der Waals surface area contributed by atoms with Crippen LogP contribution in [-0.2, 0) is 9.53 Å². The molecule has 1 saturated heterocycles. The smallest absolute Gasteiger partial charge is 0.310 e. The van der Waals surface area contributed by atoms with E-state index in [1.807, 2.05) is 6.07 Å². The summed E-state index contributed by atoms with van der Waals surface area (Å²) in [7, 11) is 1.33. The van der Waals surface area contributed by atoms with E-state index in [2.05, 4.69) is 19.9 Å². The zero-order valence-electron chi connectivity index (χ0n) is 12.5. The van der Waals surface area contributed by atoms with Gasteiger partial charge in [-0.1, -0.05) is 6.92 Å². The lowest BCUT2D eigenvalue weighted by Crippen LogP contribution is -2.32. The largest absolute Gasteiger partial charge is 0.469 e. The zero-order chi connectivity index (χ0) is 15.2. The number of hydrogen-bond donors (Lipinski definition) is 1. The average molecular weight is 291 g/mol. The quantitative estimate of drug-likeness (QED) is 0.826. The Kier molecular flexibility index (Phi) is 5.14. The van der Waals surface area contributed by atoms with Crippen LogP contribution in [0.2, 0.25) is 0 Å². The third-order valence-electron chi connectivity index (χ3n) is 3.61. The van der Waals surface area contributed by atoms with E-state index in [0.717, 1.165) is 18.9 Å². The van der Waals surface area contributed by atoms with Gasteiger partial charge < -0.3 is 15.0 Å². The summed E-state index contributed by atoms with van der Waals surface area (Å²) >= 11 is 0. The minimum absolute atomic E-state index is 0.230. The van der Waals surface area contributed by atoms with Gasteiger partial charge in [0.25, 0.3) is 5.91 Å². The highest BCUT2D eigenvalue weighted by atomic mass is 16.5. The highest BCUT2D eigenvalue weighted by Crippen LogP contribution is 2.17. The zero-order valence-corrected chi connectivity index (χ0v) is 12.5. The van der Waals surface area contributed by atoms with Gasteiger partial charge in [-0.15, -0.1) is 0 Å². The van der Waals surface area contributed by atoms with Crippen LogP contribution in [0.25, 0.3) is 0 Å². The summed E-state index contributed by atoms with van der Waals surface area (Å²) in [5, 5.41) is 2.71. The molecule has 114 valence electrons. The Labute approximate surface area is 124 Å². The molecule has 1 amide bonds. The minimum Gasteiger partial charge on any atom is -0.469 e. The molecule has 1 aliphatic heterocycles. The SMILES string of the molecule is COC(=O)C(C)CNC(=O)c1ccc(N2CCCC2)nc1. The van der Waals surface area contributed by atoms with E-state index in [-0.39, 0.29) is 24.3 Å². The van der Waals surface area contributed by atoms with Crippen molar-refractivity contribution in [2.24, 2.45) is 5.92 Å². The molecule has 1 aromatic heterocycles. The maximum absolute atomic E-state index is 12.0. The maximum Gasteiger partial charge on any atom is 0.310 e. The van der Waals surface area contributed by atoms with E-state index < -0.39 is 0 Å². The third-order valence-corrected chi connectivity index (χ3v) is 3.61. The van der Waals surface area contributed by atoms with E-state index in [4.69, 9.17) is 0 Å². The van der Waals surface area contributed by atoms with Gasteiger partial charge in [0.1, 0.15) is 5.82 Å². The first-order valence-corrected chi connectivity index (χ1v) is 7.19. The van der Waals surface area contributed by atoms with Crippen molar-refractivity contribution < 1.29 is 14.3 Å². The van der Waals surface area contributed by atoms with Crippen LogP contribution in [0.3, 0.4) is 0 Å². The summed E-state index contributed by atoms with van der Waals surface area (Å²) in [6.45, 7) is 4.00. The molecule has 0 bridgehead atoms. The lowest BCUT2D eigenvalue weighted by molar-refractivity contribution is -0.144. The molecule has 1 N–H and O–H groups in total. The minimum atomic E-state index is -0.365. The van der Waals surface area contributed by atoms with Gasteiger partial charge >= 0.3 is 5.97 Å². The Hall–Kier alpha value is -2.11. The van der Waals surface area contributed by atoms with Gasteiger partial charge in [-0.25, -0.2) is 4.98 Å². The second-order valence-corrected chi connectivity index (χ2v) is 5.23. The molecule has 1 atom stereocenters. The lowest BCUT2D eigenvalue weighted by atomic mass is 10.2. The van der Waals surface area contributed by atoms with Crippen molar-refractivity contribution >= 4 is 17.7 Å². The molecule has 0 saturated carbocycles. The first-order valence-electron chi connectivity index (χ1n) is 7.19. The van der Waals surface area contributed by atoms with E-state index in [9.17, 15) is 9.59 Å². The number of amides is 1. The van der Waals surface area contributed by atoms with Crippen molar-refractivity contribution in [3.63, 3.8) is 0 Å². The number of esters is 1. The highest BCUT2D eigenvalue weighted by Gasteiger charge is 2.16. The van der Waals surface area contributed by atoms with E-state index in [1.54, 1.807) is 19.2 Å². The fourth-order valence-electron chi connectivity index (χ4n) is 2.29. The van der Waals surface area contributed by atoms with Gasteiger partial charge in [0.2, 0.25) is 0 Å². The Morgan fingerprint density at radius 1 is 1.38 bits per heavy atom. The second-order valence-electron chi connectivity index (χ2n) is 5.23. The standard InChI is InChI=1S/C15H21N3O3/c1-11(15(20)21-2)9-17-14(19)12-5-6-13(16-10-12)18-7-3-4-8-18/h5-6,10-11H,3-4,7-9H2,1-2H3,(H,17,19). The van der Waals surface area contributed by atoms with Crippen molar-refractivity contribution in [2.45, 2.75) is 19.8 Å². The van der Waals surface area contributed by atoms with Crippen molar-refractivity contribution in [3.8, 4) is 0 Å². The molecule has 0 aliphatic carbocycles. The fraction of sp³-hybridized carbons (Fsp3) is 0.533. The molecule has 6 nitrogen and oxygen atoms in total. The van der Waals surface area contributed by atoms with Crippen LogP contribution in [0.5, 0.6) is 0 Å². The van der Waals surface area contributed by atoms with Gasteiger partial charge in [-0.2, -0.15) is 0 Å². The van der Waals surface area contributed by atoms with Crippen LogP contribution >= 0.6 is 0 Å². The Morgan fingerprint density at radius 3 is 2.67 bits per heavy atom. The predicted molar refractivity (Wildman–Crippen MR) is 79.2 cm³/mol.